The van der Waals surface area contributed by atoms with Gasteiger partial charge in [-0.1, -0.05) is 48.5 Å². The zero-order valence-corrected chi connectivity index (χ0v) is 25.6. The largest absolute Gasteiger partial charge is 0.487 e. The minimum Gasteiger partial charge on any atom is -0.487 e. The van der Waals surface area contributed by atoms with Gasteiger partial charge in [0.15, 0.2) is 0 Å². The number of fused-ring (bicyclic) bond motifs is 3. The predicted octanol–water partition coefficient (Wildman–Crippen LogP) is 7.63. The van der Waals surface area contributed by atoms with Crippen molar-refractivity contribution in [3.05, 3.63) is 114 Å². The Bertz CT molecular complexity index is 2040. The fourth-order valence-electron chi connectivity index (χ4n) is 5.18. The van der Waals surface area contributed by atoms with Crippen LogP contribution >= 0.6 is 0 Å². The highest BCUT2D eigenvalue weighted by Crippen LogP contribution is 2.31. The van der Waals surface area contributed by atoms with Crippen LogP contribution in [0.2, 0.25) is 0 Å². The minimum absolute atomic E-state index is 0.00395. The molecule has 6 rings (SSSR count). The second-order valence-corrected chi connectivity index (χ2v) is 11.7. The van der Waals surface area contributed by atoms with Gasteiger partial charge < -0.3 is 9.47 Å². The lowest BCUT2D eigenvalue weighted by Gasteiger charge is -2.20. The molecule has 9 heteroatoms. The molecule has 6 aromatic rings. The van der Waals surface area contributed by atoms with Gasteiger partial charge >= 0.3 is 12.1 Å². The highest BCUT2D eigenvalue weighted by Gasteiger charge is 2.25. The molecule has 9 nitrogen and oxygen atoms in total. The molecule has 0 aliphatic carbocycles. The van der Waals surface area contributed by atoms with Crippen molar-refractivity contribution < 1.29 is 28.8 Å². The molecular formula is C36H33N3O6. The number of carbonyl (C=O) groups excluding carboxylic acids is 2. The van der Waals surface area contributed by atoms with Gasteiger partial charge in [-0.05, 0) is 75.7 Å². The molecule has 3 aromatic heterocycles. The van der Waals surface area contributed by atoms with Crippen LogP contribution in [0.15, 0.2) is 91.0 Å². The molecule has 0 spiro atoms. The number of pyridine rings is 2. The predicted molar refractivity (Wildman–Crippen MR) is 171 cm³/mol. The molecule has 0 fully saturated rings. The number of hydrogen-bond donors (Lipinski definition) is 0. The van der Waals surface area contributed by atoms with Gasteiger partial charge in [0.25, 0.3) is 0 Å². The van der Waals surface area contributed by atoms with Gasteiger partial charge in [-0.25, -0.2) is 19.1 Å². The summed E-state index contributed by atoms with van der Waals surface area (Å²) < 4.78 is 13.3. The summed E-state index contributed by atoms with van der Waals surface area (Å²) in [6.45, 7) is 7.42. The van der Waals surface area contributed by atoms with Crippen molar-refractivity contribution in [3.63, 3.8) is 0 Å². The number of para-hydroxylation sites is 2. The van der Waals surface area contributed by atoms with Crippen molar-refractivity contribution in [1.82, 2.24) is 14.5 Å². The van der Waals surface area contributed by atoms with Crippen LogP contribution in [0, 0.1) is 6.92 Å². The highest BCUT2D eigenvalue weighted by atomic mass is 17.2. The number of nitrogens with zero attached hydrogens (tertiary/aromatic N) is 3. The van der Waals surface area contributed by atoms with Crippen LogP contribution in [-0.4, -0.2) is 32.2 Å². The molecule has 0 aliphatic heterocycles. The molecule has 0 saturated carbocycles. The van der Waals surface area contributed by atoms with E-state index in [1.165, 1.54) is 4.57 Å². The number of hydrogen-bond acceptors (Lipinski definition) is 8. The summed E-state index contributed by atoms with van der Waals surface area (Å²) in [6, 6.07) is 28.7. The summed E-state index contributed by atoms with van der Waals surface area (Å²) in [5.41, 5.74) is 4.15. The van der Waals surface area contributed by atoms with Crippen LogP contribution in [0.5, 0.6) is 5.75 Å². The standard InChI is InChI=1S/C36H33N3O6/c1-23-29(20-34(40)45-43-22-27-16-14-25-10-6-8-12-32(25)38-27)30-19-28(17-18-33(30)39(23)35(41)44-36(2,3)4)42-21-26-15-13-24-9-5-7-11-31(24)37-26/h5-19H,20-22H2,1-4H3. The first-order valence-electron chi connectivity index (χ1n) is 14.7. The third-order valence-corrected chi connectivity index (χ3v) is 7.26. The van der Waals surface area contributed by atoms with Crippen molar-refractivity contribution >= 4 is 44.8 Å². The number of benzene rings is 3. The smallest absolute Gasteiger partial charge is 0.419 e. The number of aromatic nitrogens is 3. The summed E-state index contributed by atoms with van der Waals surface area (Å²) in [4.78, 5) is 45.9. The van der Waals surface area contributed by atoms with Gasteiger partial charge in [0.2, 0.25) is 0 Å². The van der Waals surface area contributed by atoms with Crippen molar-refractivity contribution in [2.24, 2.45) is 0 Å². The maximum atomic E-state index is 13.3. The Morgan fingerprint density at radius 1 is 0.778 bits per heavy atom. The normalized spacial score (nSPS) is 11.6. The van der Waals surface area contributed by atoms with Crippen LogP contribution in [0.3, 0.4) is 0 Å². The van der Waals surface area contributed by atoms with Gasteiger partial charge in [0.1, 0.15) is 24.6 Å². The first kappa shape index (κ1) is 29.8. The van der Waals surface area contributed by atoms with Crippen molar-refractivity contribution in [1.29, 1.82) is 0 Å². The van der Waals surface area contributed by atoms with Crippen molar-refractivity contribution in [2.75, 3.05) is 0 Å². The Labute approximate surface area is 260 Å². The summed E-state index contributed by atoms with van der Waals surface area (Å²) in [5, 5.41) is 2.72. The maximum Gasteiger partial charge on any atom is 0.419 e. The zero-order valence-electron chi connectivity index (χ0n) is 25.6. The SMILES string of the molecule is Cc1c(CC(=O)OOCc2ccc3ccccc3n2)c2cc(OCc3ccc4ccccc4n3)ccc2n1C(=O)OC(C)(C)C. The molecule has 0 unspecified atom stereocenters. The van der Waals surface area contributed by atoms with E-state index >= 15 is 0 Å². The molecule has 0 aliphatic rings. The van der Waals surface area contributed by atoms with Gasteiger partial charge in [0.05, 0.1) is 34.4 Å². The van der Waals surface area contributed by atoms with E-state index in [1.54, 1.807) is 39.8 Å². The van der Waals surface area contributed by atoms with Crippen LogP contribution in [-0.2, 0) is 38.9 Å². The molecule has 3 aromatic carbocycles. The van der Waals surface area contributed by atoms with E-state index in [0.717, 1.165) is 27.5 Å². The molecule has 0 amide bonds. The lowest BCUT2D eigenvalue weighted by atomic mass is 10.1. The molecular weight excluding hydrogens is 570 g/mol. The van der Waals surface area contributed by atoms with E-state index < -0.39 is 17.7 Å². The fourth-order valence-corrected chi connectivity index (χ4v) is 5.18. The van der Waals surface area contributed by atoms with Gasteiger partial charge in [0, 0.05) is 21.9 Å². The van der Waals surface area contributed by atoms with E-state index in [1.807, 2.05) is 78.9 Å². The fraction of sp³-hybridized carbons (Fsp3) is 0.222. The topological polar surface area (TPSA) is 102 Å². The summed E-state index contributed by atoms with van der Waals surface area (Å²) >= 11 is 0. The van der Waals surface area contributed by atoms with Crippen LogP contribution in [0.1, 0.15) is 43.4 Å². The number of carbonyl (C=O) groups is 2. The van der Waals surface area contributed by atoms with Gasteiger partial charge in [-0.3, -0.25) is 9.87 Å². The zero-order chi connectivity index (χ0) is 31.6. The number of rotatable bonds is 8. The Morgan fingerprint density at radius 2 is 1.40 bits per heavy atom. The van der Waals surface area contributed by atoms with Crippen LogP contribution < -0.4 is 4.74 Å². The summed E-state index contributed by atoms with van der Waals surface area (Å²) in [5.74, 6) is -0.0548. The second-order valence-electron chi connectivity index (χ2n) is 11.7. The van der Waals surface area contributed by atoms with E-state index in [9.17, 15) is 9.59 Å². The molecule has 0 saturated heterocycles. The molecule has 45 heavy (non-hydrogen) atoms. The average molecular weight is 604 g/mol. The van der Waals surface area contributed by atoms with Crippen molar-refractivity contribution in [3.8, 4) is 5.75 Å². The quantitative estimate of drug-likeness (QED) is 0.129. The van der Waals surface area contributed by atoms with Gasteiger partial charge in [-0.2, -0.15) is 4.89 Å². The molecule has 0 bridgehead atoms. The Hall–Kier alpha value is -5.28. The molecule has 0 N–H and O–H groups in total. The van der Waals surface area contributed by atoms with E-state index in [4.69, 9.17) is 19.2 Å². The van der Waals surface area contributed by atoms with E-state index in [2.05, 4.69) is 9.97 Å². The average Bonchev–Trinajstić information content (AvgIpc) is 3.29. The van der Waals surface area contributed by atoms with Crippen LogP contribution in [0.25, 0.3) is 32.7 Å². The summed E-state index contributed by atoms with van der Waals surface area (Å²) in [7, 11) is 0. The summed E-state index contributed by atoms with van der Waals surface area (Å²) in [6.07, 6.45) is -0.684. The van der Waals surface area contributed by atoms with E-state index in [-0.39, 0.29) is 19.6 Å². The monoisotopic (exact) mass is 603 g/mol. The lowest BCUT2D eigenvalue weighted by molar-refractivity contribution is -0.279. The first-order chi connectivity index (χ1) is 21.6. The number of ether oxygens (including phenoxy) is 2. The first-order valence-corrected chi connectivity index (χ1v) is 14.7. The maximum absolute atomic E-state index is 13.3. The Morgan fingerprint density at radius 3 is 2.04 bits per heavy atom. The van der Waals surface area contributed by atoms with Crippen LogP contribution in [0.4, 0.5) is 4.79 Å². The lowest BCUT2D eigenvalue weighted by Crippen LogP contribution is -2.27. The Kier molecular flexibility index (Phi) is 8.19. The van der Waals surface area contributed by atoms with Crippen molar-refractivity contribution in [2.45, 2.75) is 52.9 Å². The molecule has 0 radical (unpaired) electrons. The molecule has 228 valence electrons. The molecule has 3 heterocycles. The van der Waals surface area contributed by atoms with Gasteiger partial charge in [-0.15, -0.1) is 0 Å². The Balaban J connectivity index is 1.22. The minimum atomic E-state index is -0.709. The highest BCUT2D eigenvalue weighted by molar-refractivity contribution is 5.96. The van der Waals surface area contributed by atoms with E-state index in [0.29, 0.717) is 33.6 Å². The second kappa shape index (κ2) is 12.4. The third kappa shape index (κ3) is 6.78. The third-order valence-electron chi connectivity index (χ3n) is 7.26. The molecule has 0 atom stereocenters.